The zero-order valence-electron chi connectivity index (χ0n) is 11.3. The molecule has 0 amide bonds. The van der Waals surface area contributed by atoms with Gasteiger partial charge in [0.2, 0.25) is 5.82 Å². The molecule has 3 aromatic heterocycles. The number of hydrogen-bond donors (Lipinski definition) is 1. The average molecular weight is 286 g/mol. The Morgan fingerprint density at radius 3 is 2.81 bits per heavy atom. The van der Waals surface area contributed by atoms with Gasteiger partial charge in [-0.1, -0.05) is 5.16 Å². The Labute approximate surface area is 118 Å². The van der Waals surface area contributed by atoms with Gasteiger partial charge < -0.3 is 9.51 Å². The Hall–Kier alpha value is -2.83. The number of rotatable bonds is 2. The summed E-state index contributed by atoms with van der Waals surface area (Å²) in [4.78, 5) is 22.5. The summed E-state index contributed by atoms with van der Waals surface area (Å²) < 4.78 is 18.3. The van der Waals surface area contributed by atoms with Crippen LogP contribution in [0.1, 0.15) is 11.3 Å². The van der Waals surface area contributed by atoms with Gasteiger partial charge in [0.25, 0.3) is 11.4 Å². The van der Waals surface area contributed by atoms with Crippen LogP contribution in [0.3, 0.4) is 0 Å². The highest BCUT2D eigenvalue weighted by Crippen LogP contribution is 2.20. The molecule has 0 atom stereocenters. The van der Waals surface area contributed by atoms with Crippen molar-refractivity contribution >= 4 is 0 Å². The molecule has 0 spiro atoms. The second kappa shape index (κ2) is 4.93. The topological polar surface area (TPSA) is 84.7 Å². The summed E-state index contributed by atoms with van der Waals surface area (Å²) >= 11 is 0. The second-order valence-corrected chi connectivity index (χ2v) is 4.63. The van der Waals surface area contributed by atoms with Crippen LogP contribution in [0.25, 0.3) is 23.0 Å². The largest absolute Gasteiger partial charge is 0.332 e. The van der Waals surface area contributed by atoms with E-state index in [2.05, 4.69) is 20.1 Å². The first kappa shape index (κ1) is 13.2. The maximum absolute atomic E-state index is 13.2. The van der Waals surface area contributed by atoms with Crippen LogP contribution in [0.5, 0.6) is 0 Å². The lowest BCUT2D eigenvalue weighted by Crippen LogP contribution is -2.10. The summed E-state index contributed by atoms with van der Waals surface area (Å²) in [5.74, 6) is -0.114. The normalized spacial score (nSPS) is 10.8. The lowest BCUT2D eigenvalue weighted by molar-refractivity contribution is 0.430. The molecule has 106 valence electrons. The molecule has 3 rings (SSSR count). The molecule has 7 heteroatoms. The van der Waals surface area contributed by atoms with E-state index in [0.717, 1.165) is 11.9 Å². The fourth-order valence-corrected chi connectivity index (χ4v) is 1.84. The van der Waals surface area contributed by atoms with E-state index in [4.69, 9.17) is 4.52 Å². The summed E-state index contributed by atoms with van der Waals surface area (Å²) in [5.41, 5.74) is 1.52. The van der Waals surface area contributed by atoms with Crippen LogP contribution in [0.15, 0.2) is 33.7 Å². The monoisotopic (exact) mass is 286 g/mol. The number of pyridine rings is 2. The summed E-state index contributed by atoms with van der Waals surface area (Å²) in [7, 11) is 0. The number of nitrogens with zero attached hydrogens (tertiary/aromatic N) is 3. The Balaban J connectivity index is 2.03. The van der Waals surface area contributed by atoms with Gasteiger partial charge in [-0.15, -0.1) is 0 Å². The molecule has 0 aliphatic rings. The van der Waals surface area contributed by atoms with Gasteiger partial charge in [0.1, 0.15) is 11.5 Å². The van der Waals surface area contributed by atoms with E-state index >= 15 is 0 Å². The van der Waals surface area contributed by atoms with Gasteiger partial charge in [-0.3, -0.25) is 4.79 Å². The van der Waals surface area contributed by atoms with Crippen LogP contribution in [0, 0.1) is 19.7 Å². The Kier molecular flexibility index (Phi) is 3.09. The maximum Gasteiger partial charge on any atom is 0.276 e. The van der Waals surface area contributed by atoms with Crippen LogP contribution in [0.4, 0.5) is 4.39 Å². The van der Waals surface area contributed by atoms with Crippen LogP contribution in [-0.2, 0) is 0 Å². The molecule has 0 aliphatic carbocycles. The first-order chi connectivity index (χ1) is 10.0. The fourth-order valence-electron chi connectivity index (χ4n) is 1.84. The number of H-pyrrole nitrogens is 1. The van der Waals surface area contributed by atoms with Gasteiger partial charge in [0.15, 0.2) is 0 Å². The van der Waals surface area contributed by atoms with Gasteiger partial charge >= 0.3 is 0 Å². The molecule has 0 saturated heterocycles. The van der Waals surface area contributed by atoms with E-state index < -0.39 is 5.82 Å². The first-order valence-corrected chi connectivity index (χ1v) is 6.21. The van der Waals surface area contributed by atoms with Crippen molar-refractivity contribution in [3.8, 4) is 23.0 Å². The molecule has 0 fully saturated rings. The van der Waals surface area contributed by atoms with Crippen LogP contribution in [-0.4, -0.2) is 20.1 Å². The number of aromatic nitrogens is 4. The molecule has 21 heavy (non-hydrogen) atoms. The summed E-state index contributed by atoms with van der Waals surface area (Å²) in [6.07, 6.45) is 1.09. The Morgan fingerprint density at radius 1 is 1.29 bits per heavy atom. The standard InChI is InChI=1S/C14H11FN4O2/c1-7-5-11(16-6-10(7)15)14-18-12(19-21-14)9-4-3-8(2)17-13(9)20/h3-6H,1-2H3,(H,17,20). The lowest BCUT2D eigenvalue weighted by Gasteiger charge is -1.97. The van der Waals surface area contributed by atoms with Gasteiger partial charge in [0, 0.05) is 5.69 Å². The van der Waals surface area contributed by atoms with Gasteiger partial charge in [-0.05, 0) is 37.6 Å². The van der Waals surface area contributed by atoms with Crippen molar-refractivity contribution in [2.75, 3.05) is 0 Å². The molecule has 0 unspecified atom stereocenters. The molecule has 6 nitrogen and oxygen atoms in total. The second-order valence-electron chi connectivity index (χ2n) is 4.63. The van der Waals surface area contributed by atoms with Gasteiger partial charge in [0.05, 0.1) is 11.8 Å². The van der Waals surface area contributed by atoms with E-state index in [1.807, 2.05) is 0 Å². The highest BCUT2D eigenvalue weighted by Gasteiger charge is 2.15. The number of aryl methyl sites for hydroxylation is 2. The summed E-state index contributed by atoms with van der Waals surface area (Å²) in [6, 6.07) is 4.87. The van der Waals surface area contributed by atoms with Crippen LogP contribution < -0.4 is 5.56 Å². The number of hydrogen-bond acceptors (Lipinski definition) is 5. The molecular formula is C14H11FN4O2. The molecule has 0 radical (unpaired) electrons. The fraction of sp³-hybridized carbons (Fsp3) is 0.143. The molecule has 0 bridgehead atoms. The minimum atomic E-state index is -0.409. The lowest BCUT2D eigenvalue weighted by atomic mass is 10.2. The molecule has 3 aromatic rings. The third kappa shape index (κ3) is 2.45. The van der Waals surface area contributed by atoms with Crippen molar-refractivity contribution in [2.24, 2.45) is 0 Å². The smallest absolute Gasteiger partial charge is 0.276 e. The van der Waals surface area contributed by atoms with Crippen LogP contribution >= 0.6 is 0 Å². The molecule has 3 heterocycles. The predicted molar refractivity (Wildman–Crippen MR) is 73.0 cm³/mol. The van der Waals surface area contributed by atoms with E-state index in [9.17, 15) is 9.18 Å². The summed E-state index contributed by atoms with van der Waals surface area (Å²) in [6.45, 7) is 3.39. The third-order valence-corrected chi connectivity index (χ3v) is 2.99. The van der Waals surface area contributed by atoms with Crippen LogP contribution in [0.2, 0.25) is 0 Å². The molecule has 0 aromatic carbocycles. The third-order valence-electron chi connectivity index (χ3n) is 2.99. The van der Waals surface area contributed by atoms with Gasteiger partial charge in [-0.2, -0.15) is 4.98 Å². The predicted octanol–water partition coefficient (Wildman–Crippen LogP) is 2.24. The number of halogens is 1. The minimum Gasteiger partial charge on any atom is -0.332 e. The zero-order valence-corrected chi connectivity index (χ0v) is 11.3. The number of nitrogens with one attached hydrogen (secondary N) is 1. The van der Waals surface area contributed by atoms with Crippen molar-refractivity contribution in [3.05, 3.63) is 51.8 Å². The molecule has 0 saturated carbocycles. The van der Waals surface area contributed by atoms with Crippen molar-refractivity contribution < 1.29 is 8.91 Å². The zero-order chi connectivity index (χ0) is 15.0. The Bertz CT molecular complexity index is 869. The average Bonchev–Trinajstić information content (AvgIpc) is 2.91. The summed E-state index contributed by atoms with van der Waals surface area (Å²) in [5, 5.41) is 3.77. The highest BCUT2D eigenvalue weighted by molar-refractivity contribution is 5.57. The van der Waals surface area contributed by atoms with E-state index in [-0.39, 0.29) is 17.3 Å². The minimum absolute atomic E-state index is 0.132. The van der Waals surface area contributed by atoms with Crippen molar-refractivity contribution in [1.29, 1.82) is 0 Å². The van der Waals surface area contributed by atoms with Gasteiger partial charge in [-0.25, -0.2) is 9.37 Å². The number of aromatic amines is 1. The van der Waals surface area contributed by atoms with Crippen molar-refractivity contribution in [2.45, 2.75) is 13.8 Å². The van der Waals surface area contributed by atoms with E-state index in [1.165, 1.54) is 6.07 Å². The Morgan fingerprint density at radius 2 is 2.10 bits per heavy atom. The molecule has 1 N–H and O–H groups in total. The molecule has 0 aliphatic heterocycles. The first-order valence-electron chi connectivity index (χ1n) is 6.21. The highest BCUT2D eigenvalue weighted by atomic mass is 19.1. The van der Waals surface area contributed by atoms with E-state index in [0.29, 0.717) is 16.8 Å². The van der Waals surface area contributed by atoms with Crippen molar-refractivity contribution in [3.63, 3.8) is 0 Å². The maximum atomic E-state index is 13.2. The SMILES string of the molecule is Cc1ccc(-c2noc(-c3cc(C)c(F)cn3)n2)c(=O)[nH]1. The molecular weight excluding hydrogens is 275 g/mol. The van der Waals surface area contributed by atoms with Crippen molar-refractivity contribution in [1.82, 2.24) is 20.1 Å². The quantitative estimate of drug-likeness (QED) is 0.781. The van der Waals surface area contributed by atoms with E-state index in [1.54, 1.807) is 26.0 Å².